The molecular weight excluding hydrogens is 691 g/mol. The molecule has 0 amide bonds. The minimum absolute atomic E-state index is 0.548. The number of rotatable bonds is 4. The van der Waals surface area contributed by atoms with E-state index < -0.39 is 5.41 Å². The van der Waals surface area contributed by atoms with Gasteiger partial charge in [0.25, 0.3) is 0 Å². The van der Waals surface area contributed by atoms with Gasteiger partial charge in [-0.15, -0.1) is 0 Å². The van der Waals surface area contributed by atoms with E-state index in [-0.39, 0.29) is 0 Å². The fourth-order valence-electron chi connectivity index (χ4n) is 9.24. The lowest BCUT2D eigenvalue weighted by molar-refractivity contribution is 0.775. The third kappa shape index (κ3) is 5.05. The zero-order valence-corrected chi connectivity index (χ0v) is 30.9. The monoisotopic (exact) mass is 723 g/mol. The summed E-state index contributed by atoms with van der Waals surface area (Å²) in [5, 5.41) is 9.54. The van der Waals surface area contributed by atoms with Crippen molar-refractivity contribution < 1.29 is 0 Å². The fourth-order valence-corrected chi connectivity index (χ4v) is 9.24. The largest absolute Gasteiger partial charge is 0.228 e. The van der Waals surface area contributed by atoms with Crippen LogP contribution in [-0.2, 0) is 5.41 Å². The van der Waals surface area contributed by atoms with E-state index in [9.17, 15) is 5.26 Å². The van der Waals surface area contributed by atoms with E-state index in [1.165, 1.54) is 55.6 Å². The molecule has 1 heterocycles. The highest BCUT2D eigenvalue weighted by molar-refractivity contribution is 5.98. The summed E-state index contributed by atoms with van der Waals surface area (Å²) in [6.45, 7) is 0. The van der Waals surface area contributed by atoms with Crippen LogP contribution in [0.1, 0.15) is 27.8 Å². The van der Waals surface area contributed by atoms with Crippen molar-refractivity contribution in [3.05, 3.63) is 228 Å². The molecule has 0 bridgehead atoms. The number of nitrogens with zero attached hydrogens (tertiary/aromatic N) is 3. The molecule has 0 radical (unpaired) electrons. The normalized spacial score (nSPS) is 12.7. The lowest BCUT2D eigenvalue weighted by Crippen LogP contribution is -2.29. The van der Waals surface area contributed by atoms with Crippen LogP contribution in [0.2, 0.25) is 0 Å². The molecule has 264 valence electrons. The summed E-state index contributed by atoms with van der Waals surface area (Å²) in [6.07, 6.45) is 0. The number of aromatic nitrogens is 2. The van der Waals surface area contributed by atoms with Crippen molar-refractivity contribution in [3.63, 3.8) is 0 Å². The molecule has 9 aromatic rings. The van der Waals surface area contributed by atoms with Crippen molar-refractivity contribution in [1.29, 1.82) is 5.26 Å². The second-order valence-electron chi connectivity index (χ2n) is 14.8. The molecular formula is C54H33N3. The van der Waals surface area contributed by atoms with Gasteiger partial charge < -0.3 is 0 Å². The van der Waals surface area contributed by atoms with E-state index in [0.717, 1.165) is 39.2 Å². The number of fused-ring (bicyclic) bond motifs is 12. The SMILES string of the molecule is N#Cc1ccc(-c2cc(-c3ccc(-c4ccccc4)cc3)nc(-c3ccc4c(c3)-c3ccccc3-c3ccccc3C43c4ccccc4-c4ccccc43)n2)cc1. The van der Waals surface area contributed by atoms with E-state index in [1.807, 2.05) is 30.3 Å². The Balaban J connectivity index is 1.16. The molecule has 0 N–H and O–H groups in total. The summed E-state index contributed by atoms with van der Waals surface area (Å²) in [5.74, 6) is 0.641. The Labute approximate surface area is 331 Å². The Bertz CT molecular complexity index is 3020. The van der Waals surface area contributed by atoms with Crippen molar-refractivity contribution in [2.24, 2.45) is 0 Å². The van der Waals surface area contributed by atoms with E-state index in [2.05, 4.69) is 176 Å². The van der Waals surface area contributed by atoms with Gasteiger partial charge in [-0.1, -0.05) is 176 Å². The molecule has 0 aliphatic heterocycles. The predicted octanol–water partition coefficient (Wildman–Crippen LogP) is 13.0. The molecule has 1 spiro atoms. The quantitative estimate of drug-likeness (QED) is 0.182. The lowest BCUT2D eigenvalue weighted by atomic mass is 9.66. The molecule has 0 saturated carbocycles. The molecule has 8 aromatic carbocycles. The molecule has 0 unspecified atom stereocenters. The maximum atomic E-state index is 9.54. The standard InChI is InChI=1S/C54H33N3/c55-34-35-22-24-38(25-23-35)51-33-52(39-28-26-37(27-29-39)36-12-2-1-3-13-36)57-53(56-51)40-30-31-50-46(32-40)42-15-5-4-14-41(42)43-16-6-9-19-47(43)54(50)48-20-10-7-17-44(48)45-18-8-11-21-49(45)54/h1-33H. The van der Waals surface area contributed by atoms with Gasteiger partial charge in [-0.25, -0.2) is 9.97 Å². The molecule has 11 rings (SSSR count). The average molecular weight is 724 g/mol. The van der Waals surface area contributed by atoms with Crippen molar-refractivity contribution in [2.45, 2.75) is 5.41 Å². The van der Waals surface area contributed by atoms with Crippen LogP contribution in [0.5, 0.6) is 0 Å². The summed E-state index contributed by atoms with van der Waals surface area (Å²) >= 11 is 0. The van der Waals surface area contributed by atoms with Crippen LogP contribution in [0.15, 0.2) is 200 Å². The van der Waals surface area contributed by atoms with Crippen LogP contribution in [-0.4, -0.2) is 9.97 Å². The van der Waals surface area contributed by atoms with Crippen LogP contribution in [0, 0.1) is 11.3 Å². The van der Waals surface area contributed by atoms with E-state index >= 15 is 0 Å². The smallest absolute Gasteiger partial charge is 0.160 e. The predicted molar refractivity (Wildman–Crippen MR) is 230 cm³/mol. The maximum Gasteiger partial charge on any atom is 0.160 e. The minimum Gasteiger partial charge on any atom is -0.228 e. The molecule has 57 heavy (non-hydrogen) atoms. The van der Waals surface area contributed by atoms with E-state index in [1.54, 1.807) is 0 Å². The Hall–Kier alpha value is -7.67. The van der Waals surface area contributed by atoms with Gasteiger partial charge in [-0.05, 0) is 91.0 Å². The third-order valence-electron chi connectivity index (χ3n) is 11.8. The van der Waals surface area contributed by atoms with Crippen LogP contribution in [0.3, 0.4) is 0 Å². The number of hydrogen-bond donors (Lipinski definition) is 0. The number of hydrogen-bond acceptors (Lipinski definition) is 3. The zero-order chi connectivity index (χ0) is 37.9. The second kappa shape index (κ2) is 13.0. The van der Waals surface area contributed by atoms with Gasteiger partial charge in [-0.2, -0.15) is 5.26 Å². The van der Waals surface area contributed by atoms with Gasteiger partial charge >= 0.3 is 0 Å². The molecule has 0 fully saturated rings. The van der Waals surface area contributed by atoms with E-state index in [4.69, 9.17) is 9.97 Å². The van der Waals surface area contributed by atoms with Crippen molar-refractivity contribution in [1.82, 2.24) is 9.97 Å². The van der Waals surface area contributed by atoms with Crippen LogP contribution in [0.25, 0.3) is 78.4 Å². The van der Waals surface area contributed by atoms with Gasteiger partial charge in [-0.3, -0.25) is 0 Å². The van der Waals surface area contributed by atoms with Crippen molar-refractivity contribution in [3.8, 4) is 84.5 Å². The molecule has 2 aliphatic rings. The topological polar surface area (TPSA) is 49.6 Å². The third-order valence-corrected chi connectivity index (χ3v) is 11.8. The summed E-state index contributed by atoms with van der Waals surface area (Å²) in [7, 11) is 0. The maximum absolute atomic E-state index is 9.54. The highest BCUT2D eigenvalue weighted by Crippen LogP contribution is 2.61. The first-order chi connectivity index (χ1) is 28.2. The Morgan fingerprint density at radius 3 is 1.30 bits per heavy atom. The zero-order valence-electron chi connectivity index (χ0n) is 30.9. The first-order valence-corrected chi connectivity index (χ1v) is 19.3. The first-order valence-electron chi connectivity index (χ1n) is 19.3. The highest BCUT2D eigenvalue weighted by atomic mass is 14.9. The number of benzene rings is 8. The van der Waals surface area contributed by atoms with Gasteiger partial charge in [0.05, 0.1) is 28.4 Å². The highest BCUT2D eigenvalue weighted by Gasteiger charge is 2.49. The van der Waals surface area contributed by atoms with Crippen molar-refractivity contribution in [2.75, 3.05) is 0 Å². The summed E-state index contributed by atoms with van der Waals surface area (Å²) in [4.78, 5) is 10.6. The molecule has 1 aromatic heterocycles. The Morgan fingerprint density at radius 2 is 0.737 bits per heavy atom. The summed E-state index contributed by atoms with van der Waals surface area (Å²) in [5.41, 5.74) is 19.3. The fraction of sp³-hybridized carbons (Fsp3) is 0.0185. The average Bonchev–Trinajstić information content (AvgIpc) is 3.54. The van der Waals surface area contributed by atoms with Crippen LogP contribution in [0.4, 0.5) is 0 Å². The summed E-state index contributed by atoms with van der Waals surface area (Å²) < 4.78 is 0. The van der Waals surface area contributed by atoms with Gasteiger partial charge in [0.15, 0.2) is 5.82 Å². The molecule has 3 heteroatoms. The Kier molecular flexibility index (Phi) is 7.45. The van der Waals surface area contributed by atoms with Gasteiger partial charge in [0.1, 0.15) is 0 Å². The minimum atomic E-state index is -0.548. The van der Waals surface area contributed by atoms with Crippen molar-refractivity contribution >= 4 is 0 Å². The molecule has 0 atom stereocenters. The lowest BCUT2D eigenvalue weighted by Gasteiger charge is -2.35. The molecule has 0 saturated heterocycles. The van der Waals surface area contributed by atoms with Gasteiger partial charge in [0.2, 0.25) is 0 Å². The summed E-state index contributed by atoms with van der Waals surface area (Å²) in [6, 6.07) is 73.4. The van der Waals surface area contributed by atoms with Gasteiger partial charge in [0, 0.05) is 16.7 Å². The Morgan fingerprint density at radius 1 is 0.333 bits per heavy atom. The van der Waals surface area contributed by atoms with Crippen LogP contribution >= 0.6 is 0 Å². The first kappa shape index (κ1) is 32.7. The second-order valence-corrected chi connectivity index (χ2v) is 14.8. The number of nitriles is 1. The van der Waals surface area contributed by atoms with Crippen LogP contribution < -0.4 is 0 Å². The molecule has 2 aliphatic carbocycles. The van der Waals surface area contributed by atoms with E-state index in [0.29, 0.717) is 11.4 Å². The molecule has 3 nitrogen and oxygen atoms in total.